The lowest BCUT2D eigenvalue weighted by molar-refractivity contribution is 0.370. The van der Waals surface area contributed by atoms with Crippen LogP contribution >= 0.6 is 39.1 Å². The first-order valence-electron chi connectivity index (χ1n) is 5.92. The van der Waals surface area contributed by atoms with Gasteiger partial charge in [0, 0.05) is 18.1 Å². The van der Waals surface area contributed by atoms with E-state index < -0.39 is 10.0 Å². The van der Waals surface area contributed by atoms with Crippen molar-refractivity contribution in [1.82, 2.24) is 9.21 Å². The number of hydrogen-bond donors (Lipinski definition) is 0. The van der Waals surface area contributed by atoms with E-state index >= 15 is 0 Å². The summed E-state index contributed by atoms with van der Waals surface area (Å²) in [6, 6.07) is 3.04. The van der Waals surface area contributed by atoms with Crippen molar-refractivity contribution < 1.29 is 8.42 Å². The molecule has 0 bridgehead atoms. The Morgan fingerprint density at radius 1 is 1.10 bits per heavy atom. The molecule has 0 spiro atoms. The van der Waals surface area contributed by atoms with Crippen molar-refractivity contribution in [3.63, 3.8) is 0 Å². The smallest absolute Gasteiger partial charge is 0.245 e. The second-order valence-electron chi connectivity index (χ2n) is 4.68. The highest BCUT2D eigenvalue weighted by atomic mass is 79.9. The van der Waals surface area contributed by atoms with Gasteiger partial charge in [0.15, 0.2) is 0 Å². The lowest BCUT2D eigenvalue weighted by Crippen LogP contribution is -2.30. The van der Waals surface area contributed by atoms with Crippen LogP contribution in [0.2, 0.25) is 10.0 Å². The fraction of sp³-hybridized carbons (Fsp3) is 0.500. The number of halogens is 3. The molecule has 0 heterocycles. The first-order chi connectivity index (χ1) is 9.16. The Kier molecular flexibility index (Phi) is 6.76. The molecule has 0 radical (unpaired) electrons. The Balaban J connectivity index is 2.99. The van der Waals surface area contributed by atoms with E-state index in [1.165, 1.54) is 23.5 Å². The first kappa shape index (κ1) is 18.2. The molecule has 1 aromatic carbocycles. The molecule has 0 atom stereocenters. The second kappa shape index (κ2) is 7.42. The molecular formula is C12H17BrCl2N2O2S. The van der Waals surface area contributed by atoms with Crippen molar-refractivity contribution in [2.24, 2.45) is 0 Å². The van der Waals surface area contributed by atoms with E-state index in [9.17, 15) is 8.42 Å². The maximum atomic E-state index is 12.5. The van der Waals surface area contributed by atoms with Gasteiger partial charge in [-0.25, -0.2) is 12.7 Å². The first-order valence-corrected chi connectivity index (χ1v) is 8.90. The van der Waals surface area contributed by atoms with Gasteiger partial charge in [0.1, 0.15) is 4.90 Å². The van der Waals surface area contributed by atoms with Crippen molar-refractivity contribution in [1.29, 1.82) is 0 Å². The standard InChI is InChI=1S/C12H17BrCl2N2O2S/c1-16(2)5-4-6-17(3)20(18,19)12-10(14)7-9(13)8-11(12)15/h7-8H,4-6H2,1-3H3. The Hall–Kier alpha value is 0.150. The van der Waals surface area contributed by atoms with Crippen molar-refractivity contribution in [3.8, 4) is 0 Å². The number of benzene rings is 1. The summed E-state index contributed by atoms with van der Waals surface area (Å²) in [4.78, 5) is 1.96. The fourth-order valence-electron chi connectivity index (χ4n) is 1.66. The number of rotatable bonds is 6. The normalized spacial score (nSPS) is 12.4. The maximum Gasteiger partial charge on any atom is 0.245 e. The van der Waals surface area contributed by atoms with Gasteiger partial charge in [0.2, 0.25) is 10.0 Å². The van der Waals surface area contributed by atoms with Crippen LogP contribution in [0.1, 0.15) is 6.42 Å². The number of nitrogens with zero attached hydrogens (tertiary/aromatic N) is 2. The van der Waals surface area contributed by atoms with Crippen molar-refractivity contribution in [3.05, 3.63) is 26.7 Å². The van der Waals surface area contributed by atoms with Crippen LogP contribution in [0.4, 0.5) is 0 Å². The van der Waals surface area contributed by atoms with E-state index in [1.54, 1.807) is 0 Å². The Bertz CT molecular complexity index is 556. The van der Waals surface area contributed by atoms with Gasteiger partial charge in [-0.15, -0.1) is 0 Å². The molecule has 0 unspecified atom stereocenters. The predicted molar refractivity (Wildman–Crippen MR) is 87.1 cm³/mol. The average Bonchev–Trinajstić information content (AvgIpc) is 2.26. The minimum absolute atomic E-state index is 0.0450. The molecule has 8 heteroatoms. The van der Waals surface area contributed by atoms with Crippen LogP contribution in [0, 0.1) is 0 Å². The molecule has 0 aromatic heterocycles. The molecule has 0 aliphatic carbocycles. The third-order valence-corrected chi connectivity index (χ3v) is 5.95. The van der Waals surface area contributed by atoms with Crippen LogP contribution in [0.25, 0.3) is 0 Å². The largest absolute Gasteiger partial charge is 0.309 e. The minimum Gasteiger partial charge on any atom is -0.309 e. The van der Waals surface area contributed by atoms with Gasteiger partial charge in [-0.3, -0.25) is 0 Å². The second-order valence-corrected chi connectivity index (χ2v) is 8.39. The molecule has 0 fully saturated rings. The summed E-state index contributed by atoms with van der Waals surface area (Å²) >= 11 is 15.3. The quantitative estimate of drug-likeness (QED) is 0.731. The van der Waals surface area contributed by atoms with E-state index in [2.05, 4.69) is 15.9 Å². The zero-order valence-electron chi connectivity index (χ0n) is 11.5. The third kappa shape index (κ3) is 4.58. The SMILES string of the molecule is CN(C)CCCN(C)S(=O)(=O)c1c(Cl)cc(Br)cc1Cl. The minimum atomic E-state index is -3.68. The maximum absolute atomic E-state index is 12.5. The van der Waals surface area contributed by atoms with Gasteiger partial charge in [-0.1, -0.05) is 39.1 Å². The molecule has 0 N–H and O–H groups in total. The molecule has 1 aromatic rings. The zero-order valence-corrected chi connectivity index (χ0v) is 15.4. The van der Waals surface area contributed by atoms with Crippen LogP contribution in [0.15, 0.2) is 21.5 Å². The highest BCUT2D eigenvalue weighted by molar-refractivity contribution is 9.10. The fourth-order valence-corrected chi connectivity index (χ4v) is 4.75. The number of hydrogen-bond acceptors (Lipinski definition) is 3. The molecule has 114 valence electrons. The lowest BCUT2D eigenvalue weighted by atomic mass is 10.4. The van der Waals surface area contributed by atoms with Gasteiger partial charge in [0.25, 0.3) is 0 Å². The summed E-state index contributed by atoms with van der Waals surface area (Å²) in [7, 11) is 1.73. The lowest BCUT2D eigenvalue weighted by Gasteiger charge is -2.20. The highest BCUT2D eigenvalue weighted by Gasteiger charge is 2.26. The molecular weight excluding hydrogens is 387 g/mol. The topological polar surface area (TPSA) is 40.6 Å². The highest BCUT2D eigenvalue weighted by Crippen LogP contribution is 2.34. The van der Waals surface area contributed by atoms with Gasteiger partial charge in [-0.05, 0) is 39.2 Å². The van der Waals surface area contributed by atoms with E-state index in [4.69, 9.17) is 23.2 Å². The van der Waals surface area contributed by atoms with Crippen molar-refractivity contribution >= 4 is 49.2 Å². The van der Waals surface area contributed by atoms with E-state index in [1.807, 2.05) is 19.0 Å². The Morgan fingerprint density at radius 3 is 2.05 bits per heavy atom. The van der Waals surface area contributed by atoms with Crippen LogP contribution in [-0.4, -0.2) is 51.9 Å². The van der Waals surface area contributed by atoms with Crippen LogP contribution < -0.4 is 0 Å². The summed E-state index contributed by atoms with van der Waals surface area (Å²) in [6.07, 6.45) is 0.731. The van der Waals surface area contributed by atoms with Crippen LogP contribution in [0.3, 0.4) is 0 Å². The average molecular weight is 404 g/mol. The van der Waals surface area contributed by atoms with Crippen LogP contribution in [-0.2, 0) is 10.0 Å². The zero-order chi connectivity index (χ0) is 15.5. The molecule has 0 saturated heterocycles. The van der Waals surface area contributed by atoms with Gasteiger partial charge in [0.05, 0.1) is 10.0 Å². The Labute approximate surface area is 138 Å². The third-order valence-electron chi connectivity index (χ3n) is 2.71. The van der Waals surface area contributed by atoms with Crippen LogP contribution in [0.5, 0.6) is 0 Å². The molecule has 4 nitrogen and oxygen atoms in total. The van der Waals surface area contributed by atoms with Gasteiger partial charge < -0.3 is 4.90 Å². The summed E-state index contributed by atoms with van der Waals surface area (Å²) in [5, 5.41) is 0.229. The summed E-state index contributed by atoms with van der Waals surface area (Å²) in [5.41, 5.74) is 0. The molecule has 0 saturated carbocycles. The molecule has 0 aliphatic heterocycles. The van der Waals surface area contributed by atoms with E-state index in [0.29, 0.717) is 11.0 Å². The molecule has 0 amide bonds. The van der Waals surface area contributed by atoms with Gasteiger partial charge in [-0.2, -0.15) is 0 Å². The van der Waals surface area contributed by atoms with Gasteiger partial charge >= 0.3 is 0 Å². The summed E-state index contributed by atoms with van der Waals surface area (Å²) in [5.74, 6) is 0. The molecule has 1 rings (SSSR count). The Morgan fingerprint density at radius 2 is 1.60 bits per heavy atom. The van der Waals surface area contributed by atoms with Crippen molar-refractivity contribution in [2.75, 3.05) is 34.2 Å². The summed E-state index contributed by atoms with van der Waals surface area (Å²) in [6.45, 7) is 1.21. The predicted octanol–water partition coefficient (Wildman–Crippen LogP) is 3.33. The van der Waals surface area contributed by atoms with E-state index in [-0.39, 0.29) is 14.9 Å². The molecule has 20 heavy (non-hydrogen) atoms. The molecule has 0 aliphatic rings. The number of sulfonamides is 1. The monoisotopic (exact) mass is 402 g/mol. The van der Waals surface area contributed by atoms with Crippen molar-refractivity contribution in [2.45, 2.75) is 11.3 Å². The summed E-state index contributed by atoms with van der Waals surface area (Å²) < 4.78 is 26.9. The van der Waals surface area contributed by atoms with E-state index in [0.717, 1.165) is 13.0 Å².